The lowest BCUT2D eigenvalue weighted by atomic mass is 10.0. The predicted molar refractivity (Wildman–Crippen MR) is 79.0 cm³/mol. The summed E-state index contributed by atoms with van der Waals surface area (Å²) in [5, 5.41) is 4.61. The van der Waals surface area contributed by atoms with Crippen LogP contribution in [0.2, 0.25) is 0 Å². The highest BCUT2D eigenvalue weighted by atomic mass is 15.3. The Morgan fingerprint density at radius 2 is 2.11 bits per heavy atom. The summed E-state index contributed by atoms with van der Waals surface area (Å²) in [6.45, 7) is 6.44. The van der Waals surface area contributed by atoms with Gasteiger partial charge in [0.05, 0.1) is 5.69 Å². The van der Waals surface area contributed by atoms with Gasteiger partial charge in [-0.1, -0.05) is 36.8 Å². The quantitative estimate of drug-likeness (QED) is 0.892. The van der Waals surface area contributed by atoms with Crippen molar-refractivity contribution in [3.63, 3.8) is 0 Å². The van der Waals surface area contributed by atoms with E-state index in [0.29, 0.717) is 6.04 Å². The molecule has 3 nitrogen and oxygen atoms in total. The first kappa shape index (κ1) is 13.8. The molecule has 0 spiro atoms. The van der Waals surface area contributed by atoms with Crippen LogP contribution in [0.4, 0.5) is 0 Å². The Kier molecular flexibility index (Phi) is 4.38. The van der Waals surface area contributed by atoms with Gasteiger partial charge in [-0.2, -0.15) is 5.10 Å². The number of nitrogens with two attached hydrogens (primary N) is 1. The highest BCUT2D eigenvalue weighted by Gasteiger charge is 2.10. The van der Waals surface area contributed by atoms with Gasteiger partial charge in [0.1, 0.15) is 0 Å². The van der Waals surface area contributed by atoms with Crippen LogP contribution in [0.15, 0.2) is 36.5 Å². The topological polar surface area (TPSA) is 43.8 Å². The summed E-state index contributed by atoms with van der Waals surface area (Å²) in [5.41, 5.74) is 9.76. The third-order valence-corrected chi connectivity index (χ3v) is 3.61. The smallest absolute Gasteiger partial charge is 0.0643 e. The summed E-state index contributed by atoms with van der Waals surface area (Å²) in [5.74, 6) is 0. The van der Waals surface area contributed by atoms with E-state index in [1.807, 2.05) is 10.9 Å². The fraction of sp³-hybridized carbons (Fsp3) is 0.438. The summed E-state index contributed by atoms with van der Waals surface area (Å²) in [6, 6.07) is 10.9. The molecule has 0 fully saturated rings. The molecule has 2 aromatic rings. The molecule has 0 saturated carbocycles. The maximum atomic E-state index is 6.26. The molecule has 0 aliphatic rings. The lowest BCUT2D eigenvalue weighted by molar-refractivity contribution is 0.472. The Morgan fingerprint density at radius 1 is 1.32 bits per heavy atom. The molecule has 2 atom stereocenters. The molecule has 0 radical (unpaired) electrons. The van der Waals surface area contributed by atoms with Crippen LogP contribution in [0.1, 0.15) is 49.2 Å². The number of benzene rings is 1. The van der Waals surface area contributed by atoms with Crippen molar-refractivity contribution in [3.8, 4) is 0 Å². The van der Waals surface area contributed by atoms with Gasteiger partial charge in [0, 0.05) is 24.7 Å². The summed E-state index contributed by atoms with van der Waals surface area (Å²) < 4.78 is 2.03. The molecule has 3 heteroatoms. The van der Waals surface area contributed by atoms with Gasteiger partial charge in [-0.25, -0.2) is 0 Å². The second-order valence-corrected chi connectivity index (χ2v) is 5.27. The molecule has 0 bridgehead atoms. The third kappa shape index (κ3) is 3.44. The summed E-state index contributed by atoms with van der Waals surface area (Å²) in [4.78, 5) is 0. The number of nitrogens with zero attached hydrogens (tertiary/aromatic N) is 2. The summed E-state index contributed by atoms with van der Waals surface area (Å²) in [6.07, 6.45) is 3.92. The van der Waals surface area contributed by atoms with E-state index in [-0.39, 0.29) is 6.04 Å². The van der Waals surface area contributed by atoms with Crippen LogP contribution >= 0.6 is 0 Å². The van der Waals surface area contributed by atoms with Crippen LogP contribution < -0.4 is 5.73 Å². The van der Waals surface area contributed by atoms with Crippen LogP contribution in [0.5, 0.6) is 0 Å². The third-order valence-electron chi connectivity index (χ3n) is 3.61. The normalized spacial score (nSPS) is 14.3. The fourth-order valence-electron chi connectivity index (χ4n) is 2.16. The lowest BCUT2D eigenvalue weighted by Crippen LogP contribution is -2.14. The molecule has 1 heterocycles. The van der Waals surface area contributed by atoms with E-state index in [0.717, 1.165) is 18.5 Å². The van der Waals surface area contributed by atoms with Crippen LogP contribution in [-0.2, 0) is 6.42 Å². The van der Waals surface area contributed by atoms with Crippen molar-refractivity contribution in [2.24, 2.45) is 5.73 Å². The number of aromatic nitrogens is 2. The first-order chi connectivity index (χ1) is 9.10. The van der Waals surface area contributed by atoms with Gasteiger partial charge in [-0.3, -0.25) is 4.68 Å². The molecule has 1 aromatic carbocycles. The number of hydrogen-bond acceptors (Lipinski definition) is 2. The van der Waals surface area contributed by atoms with Crippen molar-refractivity contribution in [3.05, 3.63) is 53.3 Å². The Balaban J connectivity index is 2.06. The summed E-state index contributed by atoms with van der Waals surface area (Å²) in [7, 11) is 0. The van der Waals surface area contributed by atoms with Crippen molar-refractivity contribution in [1.82, 2.24) is 9.78 Å². The Hall–Kier alpha value is -1.61. The van der Waals surface area contributed by atoms with Gasteiger partial charge < -0.3 is 5.73 Å². The van der Waals surface area contributed by atoms with Crippen LogP contribution in [-0.4, -0.2) is 9.78 Å². The average Bonchev–Trinajstić information content (AvgIpc) is 2.86. The van der Waals surface area contributed by atoms with Gasteiger partial charge in [0.25, 0.3) is 0 Å². The minimum atomic E-state index is 0.0141. The second kappa shape index (κ2) is 6.02. The SMILES string of the molecule is CCC(C)n1ccc(CC(N)c2cccc(C)c2)n1. The molecule has 2 unspecified atom stereocenters. The van der Waals surface area contributed by atoms with Crippen LogP contribution in [0, 0.1) is 6.92 Å². The average molecular weight is 257 g/mol. The molecule has 102 valence electrons. The molecule has 2 rings (SSSR count). The molecule has 2 N–H and O–H groups in total. The first-order valence-electron chi connectivity index (χ1n) is 6.96. The van der Waals surface area contributed by atoms with Crippen molar-refractivity contribution in [2.75, 3.05) is 0 Å². The van der Waals surface area contributed by atoms with Gasteiger partial charge in [0.2, 0.25) is 0 Å². The highest BCUT2D eigenvalue weighted by molar-refractivity contribution is 5.25. The largest absolute Gasteiger partial charge is 0.324 e. The lowest BCUT2D eigenvalue weighted by Gasteiger charge is -2.12. The van der Waals surface area contributed by atoms with Crippen molar-refractivity contribution in [2.45, 2.75) is 45.7 Å². The standard InChI is InChI=1S/C16H23N3/c1-4-13(3)19-9-8-15(18-19)11-16(17)14-7-5-6-12(2)10-14/h5-10,13,16H,4,11,17H2,1-3H3. The molecule has 0 aliphatic heterocycles. The van der Waals surface area contributed by atoms with E-state index in [1.165, 1.54) is 11.1 Å². The summed E-state index contributed by atoms with van der Waals surface area (Å²) >= 11 is 0. The minimum Gasteiger partial charge on any atom is -0.324 e. The molecule has 0 saturated heterocycles. The monoisotopic (exact) mass is 257 g/mol. The van der Waals surface area contributed by atoms with Crippen molar-refractivity contribution >= 4 is 0 Å². The van der Waals surface area contributed by atoms with Gasteiger partial charge >= 0.3 is 0 Å². The molecular weight excluding hydrogens is 234 g/mol. The van der Waals surface area contributed by atoms with Crippen molar-refractivity contribution in [1.29, 1.82) is 0 Å². The van der Waals surface area contributed by atoms with E-state index < -0.39 is 0 Å². The van der Waals surface area contributed by atoms with Crippen molar-refractivity contribution < 1.29 is 0 Å². The second-order valence-electron chi connectivity index (χ2n) is 5.27. The fourth-order valence-corrected chi connectivity index (χ4v) is 2.16. The maximum Gasteiger partial charge on any atom is 0.0643 e. The zero-order valence-electron chi connectivity index (χ0n) is 12.0. The van der Waals surface area contributed by atoms with E-state index in [4.69, 9.17) is 5.73 Å². The Morgan fingerprint density at radius 3 is 2.79 bits per heavy atom. The van der Waals surface area contributed by atoms with Gasteiger partial charge in [-0.05, 0) is 31.9 Å². The zero-order valence-corrected chi connectivity index (χ0v) is 12.0. The molecule has 19 heavy (non-hydrogen) atoms. The number of rotatable bonds is 5. The Bertz CT molecular complexity index is 530. The van der Waals surface area contributed by atoms with Crippen LogP contribution in [0.25, 0.3) is 0 Å². The molecule has 1 aromatic heterocycles. The van der Waals surface area contributed by atoms with E-state index >= 15 is 0 Å². The molecular formula is C16H23N3. The molecule has 0 aliphatic carbocycles. The van der Waals surface area contributed by atoms with Crippen LogP contribution in [0.3, 0.4) is 0 Å². The van der Waals surface area contributed by atoms with E-state index in [9.17, 15) is 0 Å². The number of aryl methyl sites for hydroxylation is 1. The highest BCUT2D eigenvalue weighted by Crippen LogP contribution is 2.17. The number of hydrogen-bond donors (Lipinski definition) is 1. The molecule has 0 amide bonds. The van der Waals surface area contributed by atoms with Gasteiger partial charge in [-0.15, -0.1) is 0 Å². The predicted octanol–water partition coefficient (Wildman–Crippen LogP) is 3.41. The van der Waals surface area contributed by atoms with E-state index in [1.54, 1.807) is 0 Å². The van der Waals surface area contributed by atoms with Gasteiger partial charge in [0.15, 0.2) is 0 Å². The maximum absolute atomic E-state index is 6.26. The van der Waals surface area contributed by atoms with E-state index in [2.05, 4.69) is 56.2 Å². The first-order valence-corrected chi connectivity index (χ1v) is 6.96. The zero-order chi connectivity index (χ0) is 13.8. The minimum absolute atomic E-state index is 0.0141. The Labute approximate surface area is 115 Å².